The minimum Gasteiger partial charge on any atom is -0.308 e. The fraction of sp³-hybridized carbons (Fsp3) is 0. The third-order valence-corrected chi connectivity index (χ3v) is 9.91. The molecule has 11 rings (SSSR count). The second-order valence-corrected chi connectivity index (χ2v) is 12.4. The van der Waals surface area contributed by atoms with Crippen molar-refractivity contribution in [3.05, 3.63) is 139 Å². The van der Waals surface area contributed by atoms with Crippen LogP contribution < -0.4 is 0 Å². The summed E-state index contributed by atoms with van der Waals surface area (Å²) in [6, 6.07) is 46.6. The van der Waals surface area contributed by atoms with Gasteiger partial charge in [0.1, 0.15) is 0 Å². The van der Waals surface area contributed by atoms with Crippen LogP contribution in [0.15, 0.2) is 134 Å². The predicted molar refractivity (Wildman–Crippen MR) is 194 cm³/mol. The Morgan fingerprint density at radius 2 is 1.27 bits per heavy atom. The maximum Gasteiger partial charge on any atom is 0.237 e. The zero-order chi connectivity index (χ0) is 31.5. The average molecular weight is 611 g/mol. The summed E-state index contributed by atoms with van der Waals surface area (Å²) in [6.07, 6.45) is 1.77. The highest BCUT2D eigenvalue weighted by molar-refractivity contribution is 6.36. The summed E-state index contributed by atoms with van der Waals surface area (Å²) >= 11 is 0. The summed E-state index contributed by atoms with van der Waals surface area (Å²) in [5, 5.41) is 19.9. The van der Waals surface area contributed by atoms with Gasteiger partial charge in [-0.05, 0) is 65.4 Å². The van der Waals surface area contributed by atoms with Crippen molar-refractivity contribution in [1.82, 2.24) is 23.9 Å². The molecule has 5 aromatic heterocycles. The molecule has 11 aromatic rings. The first kappa shape index (κ1) is 25.4. The predicted octanol–water partition coefficient (Wildman–Crippen LogP) is 9.96. The van der Waals surface area contributed by atoms with E-state index in [2.05, 4.69) is 106 Å². The van der Waals surface area contributed by atoms with Gasteiger partial charge in [0.2, 0.25) is 5.95 Å². The molecule has 0 aliphatic carbocycles. The normalized spacial score (nSPS) is 12.1. The lowest BCUT2D eigenvalue weighted by Crippen LogP contribution is -2.04. The summed E-state index contributed by atoms with van der Waals surface area (Å²) in [7, 11) is 0. The molecule has 0 N–H and O–H groups in total. The fourth-order valence-electron chi connectivity index (χ4n) is 7.89. The lowest BCUT2D eigenvalue weighted by atomic mass is 10.0. The molecule has 0 saturated heterocycles. The first-order valence-corrected chi connectivity index (χ1v) is 15.9. The van der Waals surface area contributed by atoms with Crippen LogP contribution >= 0.6 is 0 Å². The maximum absolute atomic E-state index is 9.44. The minimum atomic E-state index is 0.554. The Morgan fingerprint density at radius 1 is 0.542 bits per heavy atom. The molecule has 6 aromatic carbocycles. The van der Waals surface area contributed by atoms with E-state index in [0.717, 1.165) is 33.1 Å². The minimum absolute atomic E-state index is 0.554. The molecule has 0 saturated carbocycles. The number of para-hydroxylation sites is 2. The highest BCUT2D eigenvalue weighted by Crippen LogP contribution is 2.47. The Kier molecular flexibility index (Phi) is 4.82. The van der Waals surface area contributed by atoms with Crippen LogP contribution in [-0.4, -0.2) is 23.9 Å². The standard InChI is InChI=1S/C42H22N6/c43-23-24-15-17-25(18-16-24)39-30-12-7-19-44-41(30)46-42(45-39)48-34-14-6-4-11-29(34)37-36(48)22-31-28-10-3-5-13-33(28)47-35-21-27-9-2-1-8-26(27)20-32(35)38(37)40(31)47/h1-22H. The van der Waals surface area contributed by atoms with Crippen molar-refractivity contribution in [3.8, 4) is 23.3 Å². The van der Waals surface area contributed by atoms with Crippen molar-refractivity contribution >= 4 is 81.7 Å². The lowest BCUT2D eigenvalue weighted by Gasteiger charge is -2.11. The van der Waals surface area contributed by atoms with Crippen LogP contribution in [0.1, 0.15) is 5.56 Å². The smallest absolute Gasteiger partial charge is 0.237 e. The summed E-state index contributed by atoms with van der Waals surface area (Å²) in [5.74, 6) is 0.554. The van der Waals surface area contributed by atoms with Gasteiger partial charge in [0.25, 0.3) is 0 Å². The monoisotopic (exact) mass is 610 g/mol. The number of hydrogen-bond donors (Lipinski definition) is 0. The second kappa shape index (κ2) is 9.12. The molecular formula is C42H22N6. The van der Waals surface area contributed by atoms with E-state index < -0.39 is 0 Å². The molecule has 0 aliphatic rings. The van der Waals surface area contributed by atoms with Gasteiger partial charge in [-0.2, -0.15) is 10.2 Å². The molecule has 0 spiro atoms. The molecule has 0 atom stereocenters. The number of pyridine rings is 1. The third-order valence-electron chi connectivity index (χ3n) is 9.91. The first-order chi connectivity index (χ1) is 23.8. The number of nitrogens with zero attached hydrogens (tertiary/aromatic N) is 6. The number of aromatic nitrogens is 5. The molecule has 0 aliphatic heterocycles. The fourth-order valence-corrected chi connectivity index (χ4v) is 7.89. The van der Waals surface area contributed by atoms with Crippen molar-refractivity contribution in [2.45, 2.75) is 0 Å². The lowest BCUT2D eigenvalue weighted by molar-refractivity contribution is 1.01. The van der Waals surface area contributed by atoms with E-state index in [1.54, 1.807) is 6.20 Å². The molecule has 48 heavy (non-hydrogen) atoms. The van der Waals surface area contributed by atoms with E-state index in [0.29, 0.717) is 17.2 Å². The SMILES string of the molecule is N#Cc1ccc(-c2nc(-n3c4ccccc4c4c5c6cc7ccccc7cc6n6c7ccccc7c(cc43)c56)nc3ncccc23)cc1. The number of benzene rings is 6. The molecule has 0 amide bonds. The molecule has 220 valence electrons. The van der Waals surface area contributed by atoms with Crippen LogP contribution in [0.25, 0.3) is 98.9 Å². The van der Waals surface area contributed by atoms with E-state index in [1.165, 1.54) is 54.3 Å². The van der Waals surface area contributed by atoms with Crippen LogP contribution in [0, 0.1) is 11.3 Å². The second-order valence-electron chi connectivity index (χ2n) is 12.4. The number of rotatable bonds is 2. The Balaban J connectivity index is 1.35. The van der Waals surface area contributed by atoms with E-state index in [1.807, 2.05) is 36.4 Å². The van der Waals surface area contributed by atoms with Gasteiger partial charge < -0.3 is 4.40 Å². The Morgan fingerprint density at radius 3 is 2.10 bits per heavy atom. The molecule has 6 heteroatoms. The molecule has 0 unspecified atom stereocenters. The summed E-state index contributed by atoms with van der Waals surface area (Å²) < 4.78 is 4.65. The van der Waals surface area contributed by atoms with Crippen molar-refractivity contribution in [2.24, 2.45) is 0 Å². The van der Waals surface area contributed by atoms with Gasteiger partial charge >= 0.3 is 0 Å². The van der Waals surface area contributed by atoms with E-state index in [-0.39, 0.29) is 0 Å². The molecule has 0 radical (unpaired) electrons. The number of fused-ring (bicyclic) bond motifs is 12. The Hall–Kier alpha value is -6.84. The van der Waals surface area contributed by atoms with Crippen molar-refractivity contribution in [2.75, 3.05) is 0 Å². The van der Waals surface area contributed by atoms with Crippen LogP contribution in [-0.2, 0) is 0 Å². The van der Waals surface area contributed by atoms with Gasteiger partial charge in [-0.25, -0.2) is 9.97 Å². The van der Waals surface area contributed by atoms with E-state index >= 15 is 0 Å². The average Bonchev–Trinajstić information content (AvgIpc) is 3.77. The summed E-state index contributed by atoms with van der Waals surface area (Å²) in [4.78, 5) is 15.1. The van der Waals surface area contributed by atoms with E-state index in [9.17, 15) is 5.26 Å². The first-order valence-electron chi connectivity index (χ1n) is 15.9. The van der Waals surface area contributed by atoms with Gasteiger partial charge in [-0.15, -0.1) is 0 Å². The largest absolute Gasteiger partial charge is 0.308 e. The molecular weight excluding hydrogens is 589 g/mol. The summed E-state index contributed by atoms with van der Waals surface area (Å²) in [6.45, 7) is 0. The van der Waals surface area contributed by atoms with Gasteiger partial charge in [0.05, 0.1) is 44.9 Å². The van der Waals surface area contributed by atoms with Crippen molar-refractivity contribution < 1.29 is 0 Å². The Bertz CT molecular complexity index is 3180. The van der Waals surface area contributed by atoms with Gasteiger partial charge in [0.15, 0.2) is 5.65 Å². The van der Waals surface area contributed by atoms with Gasteiger partial charge in [-0.3, -0.25) is 4.57 Å². The number of nitriles is 1. The van der Waals surface area contributed by atoms with Crippen molar-refractivity contribution in [3.63, 3.8) is 0 Å². The zero-order valence-corrected chi connectivity index (χ0v) is 25.4. The number of hydrogen-bond acceptors (Lipinski definition) is 4. The highest BCUT2D eigenvalue weighted by Gasteiger charge is 2.25. The van der Waals surface area contributed by atoms with E-state index in [4.69, 9.17) is 15.0 Å². The van der Waals surface area contributed by atoms with Crippen LogP contribution in [0.4, 0.5) is 0 Å². The van der Waals surface area contributed by atoms with Crippen molar-refractivity contribution in [1.29, 1.82) is 5.26 Å². The molecule has 0 bridgehead atoms. The van der Waals surface area contributed by atoms with Gasteiger partial charge in [-0.1, -0.05) is 72.8 Å². The molecule has 6 nitrogen and oxygen atoms in total. The highest BCUT2D eigenvalue weighted by atomic mass is 15.2. The third kappa shape index (κ3) is 3.22. The molecule has 5 heterocycles. The van der Waals surface area contributed by atoms with Crippen LogP contribution in [0.2, 0.25) is 0 Å². The topological polar surface area (TPSA) is 71.8 Å². The summed E-state index contributed by atoms with van der Waals surface area (Å²) in [5.41, 5.74) is 8.61. The zero-order valence-electron chi connectivity index (χ0n) is 25.4. The van der Waals surface area contributed by atoms with Crippen LogP contribution in [0.5, 0.6) is 0 Å². The maximum atomic E-state index is 9.44. The van der Waals surface area contributed by atoms with Crippen LogP contribution in [0.3, 0.4) is 0 Å². The molecule has 0 fully saturated rings. The van der Waals surface area contributed by atoms with Gasteiger partial charge in [0, 0.05) is 49.5 Å². The Labute approximate surface area is 272 Å². The quantitative estimate of drug-likeness (QED) is 0.195.